The molecule has 188 valence electrons. The number of benzene rings is 3. The molecule has 1 aromatic heterocycles. The highest BCUT2D eigenvalue weighted by molar-refractivity contribution is 6.32. The smallest absolute Gasteiger partial charge is 0.323 e. The quantitative estimate of drug-likeness (QED) is 0.280. The molecule has 37 heavy (non-hydrogen) atoms. The topological polar surface area (TPSA) is 128 Å². The maximum atomic E-state index is 13.2. The number of anilines is 2. The lowest BCUT2D eigenvalue weighted by Gasteiger charge is -2.26. The van der Waals surface area contributed by atoms with Gasteiger partial charge in [-0.3, -0.25) is 4.79 Å². The third-order valence-electron chi connectivity index (χ3n) is 6.22. The van der Waals surface area contributed by atoms with Crippen LogP contribution in [-0.4, -0.2) is 38.8 Å². The minimum Gasteiger partial charge on any atom is -0.507 e. The Bertz CT molecular complexity index is 1500. The number of carbonyl (C=O) groups excluding carboxylic acids is 2. The van der Waals surface area contributed by atoms with Crippen LogP contribution in [0.25, 0.3) is 11.3 Å². The van der Waals surface area contributed by atoms with Gasteiger partial charge in [-0.25, -0.2) is 4.79 Å². The van der Waals surface area contributed by atoms with E-state index in [0.717, 1.165) is 11.6 Å². The minimum absolute atomic E-state index is 0.0583. The number of aryl methyl sites for hydroxylation is 1. The summed E-state index contributed by atoms with van der Waals surface area (Å²) < 4.78 is 5.48. The molecular weight excluding hydrogens is 496 g/mol. The average Bonchev–Trinajstić information content (AvgIpc) is 3.30. The molecule has 9 nitrogen and oxygen atoms in total. The Morgan fingerprint density at radius 2 is 1.78 bits per heavy atom. The fraction of sp³-hybridized carbons (Fsp3) is 0.148. The molecule has 4 aromatic rings. The Morgan fingerprint density at radius 1 is 1.03 bits per heavy atom. The summed E-state index contributed by atoms with van der Waals surface area (Å²) in [6, 6.07) is 16.3. The molecular formula is C27H23ClN4O5. The molecule has 0 bridgehead atoms. The van der Waals surface area contributed by atoms with Crippen molar-refractivity contribution in [1.29, 1.82) is 0 Å². The molecule has 1 aliphatic rings. The van der Waals surface area contributed by atoms with Crippen molar-refractivity contribution in [2.45, 2.75) is 19.9 Å². The zero-order valence-corrected chi connectivity index (χ0v) is 20.5. The highest BCUT2D eigenvalue weighted by Gasteiger charge is 2.29. The van der Waals surface area contributed by atoms with Crippen molar-refractivity contribution >= 4 is 34.9 Å². The molecule has 3 aromatic carbocycles. The Labute approximate surface area is 217 Å². The number of fused-ring (bicyclic) bond motifs is 1. The summed E-state index contributed by atoms with van der Waals surface area (Å²) in [7, 11) is 0. The van der Waals surface area contributed by atoms with Gasteiger partial charge in [0, 0.05) is 41.5 Å². The molecule has 0 fully saturated rings. The maximum absolute atomic E-state index is 13.2. The zero-order valence-electron chi connectivity index (χ0n) is 19.8. The molecule has 0 saturated heterocycles. The number of nitrogens with one attached hydrogen (secondary N) is 2. The lowest BCUT2D eigenvalue weighted by atomic mass is 10.00. The third-order valence-corrected chi connectivity index (χ3v) is 6.52. The second kappa shape index (κ2) is 9.87. The third kappa shape index (κ3) is 4.94. The van der Waals surface area contributed by atoms with Gasteiger partial charge in [0.15, 0.2) is 5.76 Å². The van der Waals surface area contributed by atoms with Gasteiger partial charge in [0.05, 0.1) is 22.8 Å². The Morgan fingerprint density at radius 3 is 2.54 bits per heavy atom. The molecule has 1 aliphatic heterocycles. The SMILES string of the molecule is Cc1ccccc1NC(=O)Nc1ccc(C(=O)N2CCc3noc(-c4cc(Cl)c(O)cc4O)c3C2)cc1. The monoisotopic (exact) mass is 518 g/mol. The first kappa shape index (κ1) is 24.2. The van der Waals surface area contributed by atoms with Gasteiger partial charge in [0.25, 0.3) is 5.91 Å². The number of carbonyl (C=O) groups is 2. The molecule has 4 N–H and O–H groups in total. The molecule has 5 rings (SSSR count). The van der Waals surface area contributed by atoms with Crippen LogP contribution in [0.4, 0.5) is 16.2 Å². The van der Waals surface area contributed by atoms with Crippen LogP contribution in [0, 0.1) is 6.92 Å². The summed E-state index contributed by atoms with van der Waals surface area (Å²) in [5.41, 5.74) is 4.32. The van der Waals surface area contributed by atoms with Crippen molar-refractivity contribution < 1.29 is 24.3 Å². The van der Waals surface area contributed by atoms with E-state index in [1.54, 1.807) is 29.2 Å². The number of urea groups is 1. The van der Waals surface area contributed by atoms with Crippen molar-refractivity contribution in [1.82, 2.24) is 10.1 Å². The van der Waals surface area contributed by atoms with E-state index < -0.39 is 0 Å². The first-order valence-electron chi connectivity index (χ1n) is 11.5. The van der Waals surface area contributed by atoms with Gasteiger partial charge in [-0.15, -0.1) is 0 Å². The minimum atomic E-state index is -0.380. The second-order valence-corrected chi connectivity index (χ2v) is 9.11. The van der Waals surface area contributed by atoms with E-state index in [2.05, 4.69) is 15.8 Å². The molecule has 3 amide bonds. The summed E-state index contributed by atoms with van der Waals surface area (Å²) in [6.45, 7) is 2.58. The Kier molecular flexibility index (Phi) is 6.45. The molecule has 0 spiro atoms. The number of halogens is 1. The molecule has 0 radical (unpaired) electrons. The van der Waals surface area contributed by atoms with Gasteiger partial charge in [-0.2, -0.15) is 0 Å². The van der Waals surface area contributed by atoms with Crippen molar-refractivity contribution in [2.75, 3.05) is 17.2 Å². The molecule has 0 atom stereocenters. The van der Waals surface area contributed by atoms with Crippen LogP contribution in [-0.2, 0) is 13.0 Å². The van der Waals surface area contributed by atoms with E-state index in [1.807, 2.05) is 31.2 Å². The number of phenols is 2. The fourth-order valence-electron chi connectivity index (χ4n) is 4.21. The van der Waals surface area contributed by atoms with Gasteiger partial charge < -0.3 is 30.3 Å². The number of aromatic hydroxyl groups is 2. The summed E-state index contributed by atoms with van der Waals surface area (Å²) in [5.74, 6) is -0.356. The van der Waals surface area contributed by atoms with E-state index in [9.17, 15) is 19.8 Å². The van der Waals surface area contributed by atoms with E-state index in [-0.39, 0.29) is 40.6 Å². The van der Waals surface area contributed by atoms with Gasteiger partial charge in [-0.1, -0.05) is 35.0 Å². The van der Waals surface area contributed by atoms with Crippen LogP contribution in [0.5, 0.6) is 11.5 Å². The summed E-state index contributed by atoms with van der Waals surface area (Å²) >= 11 is 6.02. The lowest BCUT2D eigenvalue weighted by Crippen LogP contribution is -2.35. The first-order chi connectivity index (χ1) is 17.8. The van der Waals surface area contributed by atoms with Crippen LogP contribution in [0.1, 0.15) is 27.2 Å². The second-order valence-electron chi connectivity index (χ2n) is 8.71. The van der Waals surface area contributed by atoms with Crippen LogP contribution in [0.15, 0.2) is 65.2 Å². The number of rotatable bonds is 4. The van der Waals surface area contributed by atoms with E-state index in [1.165, 1.54) is 6.07 Å². The van der Waals surface area contributed by atoms with Gasteiger partial charge in [-0.05, 0) is 48.9 Å². The maximum Gasteiger partial charge on any atom is 0.323 e. The molecule has 2 heterocycles. The van der Waals surface area contributed by atoms with Crippen molar-refractivity contribution in [2.24, 2.45) is 0 Å². The number of aromatic nitrogens is 1. The lowest BCUT2D eigenvalue weighted by molar-refractivity contribution is 0.0734. The molecule has 0 aliphatic carbocycles. The van der Waals surface area contributed by atoms with E-state index >= 15 is 0 Å². The number of amides is 3. The Balaban J connectivity index is 1.28. The number of hydrogen-bond acceptors (Lipinski definition) is 6. The first-order valence-corrected chi connectivity index (χ1v) is 11.9. The zero-order chi connectivity index (χ0) is 26.1. The van der Waals surface area contributed by atoms with Crippen LogP contribution in [0.3, 0.4) is 0 Å². The van der Waals surface area contributed by atoms with Crippen LogP contribution < -0.4 is 10.6 Å². The molecule has 0 saturated carbocycles. The largest absolute Gasteiger partial charge is 0.507 e. The van der Waals surface area contributed by atoms with Gasteiger partial charge in [0.2, 0.25) is 0 Å². The summed E-state index contributed by atoms with van der Waals surface area (Å²) in [5, 5.41) is 29.8. The number of para-hydroxylation sites is 1. The predicted molar refractivity (Wildman–Crippen MR) is 139 cm³/mol. The number of phenolic OH excluding ortho intramolecular Hbond substituents is 2. The highest BCUT2D eigenvalue weighted by atomic mass is 35.5. The predicted octanol–water partition coefficient (Wildman–Crippen LogP) is 5.56. The number of hydrogen-bond donors (Lipinski definition) is 4. The van der Waals surface area contributed by atoms with Gasteiger partial charge in [0.1, 0.15) is 11.5 Å². The summed E-state index contributed by atoms with van der Waals surface area (Å²) in [6.07, 6.45) is 0.482. The van der Waals surface area contributed by atoms with E-state index in [4.69, 9.17) is 16.1 Å². The highest BCUT2D eigenvalue weighted by Crippen LogP contribution is 2.40. The normalized spacial score (nSPS) is 12.6. The van der Waals surface area contributed by atoms with E-state index in [0.29, 0.717) is 46.9 Å². The number of nitrogens with zero attached hydrogens (tertiary/aromatic N) is 2. The van der Waals surface area contributed by atoms with Crippen molar-refractivity contribution in [3.05, 3.63) is 88.1 Å². The summed E-state index contributed by atoms with van der Waals surface area (Å²) in [4.78, 5) is 27.2. The molecule has 0 unspecified atom stereocenters. The fourth-order valence-corrected chi connectivity index (χ4v) is 4.37. The van der Waals surface area contributed by atoms with Crippen LogP contribution in [0.2, 0.25) is 5.02 Å². The van der Waals surface area contributed by atoms with Gasteiger partial charge >= 0.3 is 6.03 Å². The van der Waals surface area contributed by atoms with Crippen molar-refractivity contribution in [3.8, 4) is 22.8 Å². The van der Waals surface area contributed by atoms with Crippen LogP contribution >= 0.6 is 11.6 Å². The average molecular weight is 519 g/mol. The molecule has 10 heteroatoms. The van der Waals surface area contributed by atoms with Crippen molar-refractivity contribution in [3.63, 3.8) is 0 Å². The Hall–Kier alpha value is -4.50. The standard InChI is InChI=1S/C27H23ClN4O5/c1-15-4-2-3-5-21(15)30-27(36)29-17-8-6-16(7-9-17)26(35)32-11-10-22-19(14-32)25(37-31-22)18-12-20(28)24(34)13-23(18)33/h2-9,12-13,33-34H,10-11,14H2,1H3,(H2,29,30,36).